The molecule has 4 saturated heterocycles. The van der Waals surface area contributed by atoms with Crippen LogP contribution in [0.5, 0.6) is 6.01 Å². The third-order valence-electron chi connectivity index (χ3n) is 10.5. The van der Waals surface area contributed by atoms with Gasteiger partial charge in [0.25, 0.3) is 5.91 Å². The number of aromatic nitrogens is 2. The predicted molar refractivity (Wildman–Crippen MR) is 179 cm³/mol. The molecule has 2 aromatic carbocycles. The van der Waals surface area contributed by atoms with E-state index in [9.17, 15) is 4.79 Å². The number of anilines is 2. The molecule has 0 bridgehead atoms. The molecular formula is C35H40ClN7O4. The first kappa shape index (κ1) is 30.6. The highest BCUT2D eigenvalue weighted by Gasteiger charge is 2.54. The predicted octanol–water partition coefficient (Wildman–Crippen LogP) is 3.67. The molecule has 5 aliphatic heterocycles. The first-order valence-electron chi connectivity index (χ1n) is 16.8. The standard InChI is InChI=1S/C35H40ClN7O4/c1-37-16-25-17-42(14-15-43(25)34(44)32-31(47-32)23-19-45-20-23)33-26-11-13-41(29-10-4-7-22-6-3-9-27(36)30(22)29)18-28(26)38-35(39-33)46-21-24-8-5-12-40(24)2/h3-4,6-7,9-10,23-25,31-32H,5,8,11-21H2,2H3/t24-,25-,31-,32+/m0/s1. The number of amides is 1. The molecule has 1 aromatic heterocycles. The van der Waals surface area contributed by atoms with E-state index < -0.39 is 6.10 Å². The molecule has 12 heteroatoms. The van der Waals surface area contributed by atoms with Gasteiger partial charge in [-0.15, -0.1) is 0 Å². The number of carbonyl (C=O) groups excluding carboxylic acids is 1. The minimum Gasteiger partial charge on any atom is -0.462 e. The minimum atomic E-state index is -0.419. The summed E-state index contributed by atoms with van der Waals surface area (Å²) in [4.78, 5) is 36.1. The molecule has 246 valence electrons. The van der Waals surface area contributed by atoms with Gasteiger partial charge in [0.1, 0.15) is 24.6 Å². The maximum absolute atomic E-state index is 13.5. The van der Waals surface area contributed by atoms with Gasteiger partial charge >= 0.3 is 6.01 Å². The summed E-state index contributed by atoms with van der Waals surface area (Å²) in [5.74, 6) is 1.15. The number of benzene rings is 2. The second kappa shape index (κ2) is 12.7. The molecule has 0 saturated carbocycles. The Labute approximate surface area is 280 Å². The number of nitrogens with zero attached hydrogens (tertiary/aromatic N) is 7. The van der Waals surface area contributed by atoms with Crippen LogP contribution < -0.4 is 14.5 Å². The molecule has 47 heavy (non-hydrogen) atoms. The lowest BCUT2D eigenvalue weighted by Crippen LogP contribution is -2.58. The molecule has 3 aromatic rings. The monoisotopic (exact) mass is 657 g/mol. The van der Waals surface area contributed by atoms with Gasteiger partial charge in [-0.05, 0) is 50.4 Å². The number of ether oxygens (including phenoxy) is 3. The van der Waals surface area contributed by atoms with Crippen LogP contribution in [0.1, 0.15) is 24.1 Å². The maximum Gasteiger partial charge on any atom is 0.318 e. The number of halogens is 1. The zero-order valence-corrected chi connectivity index (χ0v) is 27.4. The first-order valence-corrected chi connectivity index (χ1v) is 17.1. The fourth-order valence-electron chi connectivity index (χ4n) is 7.71. The third kappa shape index (κ3) is 5.86. The van der Waals surface area contributed by atoms with Gasteiger partial charge in [-0.1, -0.05) is 35.9 Å². The van der Waals surface area contributed by atoms with Crippen LogP contribution in [-0.4, -0.2) is 116 Å². The Morgan fingerprint density at radius 2 is 1.94 bits per heavy atom. The van der Waals surface area contributed by atoms with Gasteiger partial charge in [-0.3, -0.25) is 4.79 Å². The Bertz CT molecular complexity index is 1710. The van der Waals surface area contributed by atoms with Gasteiger partial charge in [0.2, 0.25) is 6.54 Å². The van der Waals surface area contributed by atoms with Crippen molar-refractivity contribution in [2.45, 2.75) is 50.1 Å². The Hall–Kier alpha value is -3.69. The molecule has 6 heterocycles. The number of hydrogen-bond donors (Lipinski definition) is 0. The zero-order chi connectivity index (χ0) is 32.1. The van der Waals surface area contributed by atoms with Crippen molar-refractivity contribution in [1.82, 2.24) is 19.8 Å². The Balaban J connectivity index is 1.08. The normalized spacial score (nSPS) is 26.2. The quantitative estimate of drug-likeness (QED) is 0.266. The van der Waals surface area contributed by atoms with Crippen LogP contribution >= 0.6 is 11.6 Å². The van der Waals surface area contributed by atoms with Gasteiger partial charge in [0.05, 0.1) is 30.5 Å². The van der Waals surface area contributed by atoms with Crippen LogP contribution in [-0.2, 0) is 27.2 Å². The van der Waals surface area contributed by atoms with Gasteiger partial charge < -0.3 is 38.7 Å². The molecule has 0 spiro atoms. The zero-order valence-electron chi connectivity index (χ0n) is 26.7. The largest absolute Gasteiger partial charge is 0.462 e. The van der Waals surface area contributed by atoms with Crippen LogP contribution in [0.25, 0.3) is 15.6 Å². The van der Waals surface area contributed by atoms with Crippen LogP contribution in [0, 0.1) is 12.5 Å². The van der Waals surface area contributed by atoms with Gasteiger partial charge in [0.15, 0.2) is 6.10 Å². The summed E-state index contributed by atoms with van der Waals surface area (Å²) < 4.78 is 17.5. The topological polar surface area (TPSA) is 91.2 Å². The number of epoxide rings is 1. The second-order valence-corrected chi connectivity index (χ2v) is 13.8. The van der Waals surface area contributed by atoms with E-state index in [0.29, 0.717) is 64.0 Å². The SMILES string of the molecule is [C-]#[N+]C[C@H]1CN(c2nc(OC[C@@H]3CCCN3C)nc3c2CCN(c2cccc4cccc(Cl)c24)C3)CCN1C(=O)[C@@H]1O[C@H]1C1COC1. The highest BCUT2D eigenvalue weighted by atomic mass is 35.5. The van der Waals surface area contributed by atoms with E-state index in [2.05, 4.69) is 50.9 Å². The number of carbonyl (C=O) groups is 1. The van der Waals surface area contributed by atoms with Crippen molar-refractivity contribution in [2.24, 2.45) is 5.92 Å². The fourth-order valence-corrected chi connectivity index (χ4v) is 7.99. The van der Waals surface area contributed by atoms with Crippen molar-refractivity contribution in [1.29, 1.82) is 0 Å². The van der Waals surface area contributed by atoms with Crippen molar-refractivity contribution in [3.05, 3.63) is 64.1 Å². The molecule has 0 aliphatic carbocycles. The maximum atomic E-state index is 13.5. The van der Waals surface area contributed by atoms with E-state index in [-0.39, 0.29) is 24.6 Å². The summed E-state index contributed by atoms with van der Waals surface area (Å²) in [5.41, 5.74) is 3.14. The van der Waals surface area contributed by atoms with Crippen molar-refractivity contribution < 1.29 is 19.0 Å². The fraction of sp³-hybridized carbons (Fsp3) is 0.543. The molecule has 0 radical (unpaired) electrons. The number of likely N-dealkylation sites (tertiary alicyclic amines) is 1. The van der Waals surface area contributed by atoms with Crippen molar-refractivity contribution in [3.8, 4) is 6.01 Å². The molecule has 0 N–H and O–H groups in total. The summed E-state index contributed by atoms with van der Waals surface area (Å²) >= 11 is 6.73. The summed E-state index contributed by atoms with van der Waals surface area (Å²) in [6.45, 7) is 13.9. The summed E-state index contributed by atoms with van der Waals surface area (Å²) in [5, 5.41) is 2.89. The lowest BCUT2D eigenvalue weighted by Gasteiger charge is -2.41. The lowest BCUT2D eigenvalue weighted by atomic mass is 10.00. The first-order chi connectivity index (χ1) is 23.0. The average molecular weight is 658 g/mol. The summed E-state index contributed by atoms with van der Waals surface area (Å²) in [6.07, 6.45) is 2.53. The number of likely N-dealkylation sites (N-methyl/N-ethyl adjacent to an activating group) is 1. The molecule has 11 nitrogen and oxygen atoms in total. The molecule has 5 aliphatic rings. The van der Waals surface area contributed by atoms with Gasteiger partial charge in [-0.25, -0.2) is 6.57 Å². The summed E-state index contributed by atoms with van der Waals surface area (Å²) in [6, 6.07) is 12.8. The van der Waals surface area contributed by atoms with Crippen LogP contribution in [0.15, 0.2) is 36.4 Å². The third-order valence-corrected chi connectivity index (χ3v) is 10.9. The summed E-state index contributed by atoms with van der Waals surface area (Å²) in [7, 11) is 2.14. The Morgan fingerprint density at radius 1 is 1.09 bits per heavy atom. The lowest BCUT2D eigenvalue weighted by molar-refractivity contribution is -0.135. The minimum absolute atomic E-state index is 0.00554. The number of rotatable bonds is 8. The van der Waals surface area contributed by atoms with Crippen molar-refractivity contribution in [3.63, 3.8) is 0 Å². The molecule has 8 rings (SSSR count). The van der Waals surface area contributed by atoms with E-state index in [1.807, 2.05) is 17.0 Å². The van der Waals surface area contributed by atoms with E-state index in [4.69, 9.17) is 42.4 Å². The van der Waals surface area contributed by atoms with E-state index in [1.165, 1.54) is 0 Å². The van der Waals surface area contributed by atoms with Crippen molar-refractivity contribution in [2.75, 3.05) is 75.9 Å². The highest BCUT2D eigenvalue weighted by Crippen LogP contribution is 2.39. The smallest absolute Gasteiger partial charge is 0.318 e. The molecule has 4 fully saturated rings. The van der Waals surface area contributed by atoms with Crippen LogP contribution in [0.4, 0.5) is 11.5 Å². The Kier molecular flexibility index (Phi) is 8.30. The molecule has 4 atom stereocenters. The van der Waals surface area contributed by atoms with E-state index >= 15 is 0 Å². The van der Waals surface area contributed by atoms with Crippen LogP contribution in [0.3, 0.4) is 0 Å². The number of fused-ring (bicyclic) bond motifs is 2. The average Bonchev–Trinajstić information content (AvgIpc) is 3.72. The number of hydrogen-bond acceptors (Lipinski definition) is 9. The van der Waals surface area contributed by atoms with Crippen LogP contribution in [0.2, 0.25) is 5.02 Å². The van der Waals surface area contributed by atoms with E-state index in [1.54, 1.807) is 0 Å². The molecule has 0 unspecified atom stereocenters. The van der Waals surface area contributed by atoms with Gasteiger partial charge in [0, 0.05) is 54.8 Å². The Morgan fingerprint density at radius 3 is 2.70 bits per heavy atom. The van der Waals surface area contributed by atoms with Gasteiger partial charge in [-0.2, -0.15) is 9.97 Å². The molecular weight excluding hydrogens is 618 g/mol. The number of piperazine rings is 1. The van der Waals surface area contributed by atoms with Crippen molar-refractivity contribution >= 4 is 39.8 Å². The van der Waals surface area contributed by atoms with E-state index in [0.717, 1.165) is 70.9 Å². The second-order valence-electron chi connectivity index (χ2n) is 13.4. The molecule has 1 amide bonds. The highest BCUT2D eigenvalue weighted by molar-refractivity contribution is 6.36.